The van der Waals surface area contributed by atoms with E-state index in [1.807, 2.05) is 0 Å². The lowest BCUT2D eigenvalue weighted by Gasteiger charge is -2.19. The second-order valence-corrected chi connectivity index (χ2v) is 7.31. The Balaban J connectivity index is 1.70. The number of anilines is 1. The highest BCUT2D eigenvalue weighted by Gasteiger charge is 2.21. The van der Waals surface area contributed by atoms with Crippen molar-refractivity contribution in [3.05, 3.63) is 63.7 Å². The molecular weight excluding hydrogens is 330 g/mol. The molecule has 0 atom stereocenters. The normalized spacial score (nSPS) is 13.8. The van der Waals surface area contributed by atoms with Gasteiger partial charge in [-0.05, 0) is 42.2 Å². The Bertz CT molecular complexity index is 879. The van der Waals surface area contributed by atoms with Gasteiger partial charge in [-0.15, -0.1) is 0 Å². The van der Waals surface area contributed by atoms with Crippen molar-refractivity contribution in [2.24, 2.45) is 5.14 Å². The zero-order valence-electron chi connectivity index (χ0n) is 12.9. The number of nitro benzene ring substituents is 1. The van der Waals surface area contributed by atoms with Crippen molar-refractivity contribution in [1.29, 1.82) is 0 Å². The van der Waals surface area contributed by atoms with Gasteiger partial charge in [0.1, 0.15) is 0 Å². The van der Waals surface area contributed by atoms with Gasteiger partial charge in [0.15, 0.2) is 0 Å². The van der Waals surface area contributed by atoms with Gasteiger partial charge in [0.05, 0.1) is 9.82 Å². The average Bonchev–Trinajstić information content (AvgIpc) is 2.95. The minimum Gasteiger partial charge on any atom is -0.371 e. The Hall–Kier alpha value is -2.45. The number of sulfonamides is 1. The number of hydrogen-bond donors (Lipinski definition) is 1. The van der Waals surface area contributed by atoms with E-state index in [1.54, 1.807) is 24.3 Å². The summed E-state index contributed by atoms with van der Waals surface area (Å²) in [6, 6.07) is 11.5. The number of hydrogen-bond acceptors (Lipinski definition) is 5. The molecule has 0 radical (unpaired) electrons. The maximum Gasteiger partial charge on any atom is 0.269 e. The van der Waals surface area contributed by atoms with Gasteiger partial charge in [-0.2, -0.15) is 0 Å². The van der Waals surface area contributed by atoms with Gasteiger partial charge in [0.2, 0.25) is 10.0 Å². The summed E-state index contributed by atoms with van der Waals surface area (Å²) in [5.74, 6) is 0. The average molecular weight is 347 g/mol. The highest BCUT2D eigenvalue weighted by Crippen LogP contribution is 2.30. The predicted molar refractivity (Wildman–Crippen MR) is 90.5 cm³/mol. The smallest absolute Gasteiger partial charge is 0.269 e. The van der Waals surface area contributed by atoms with Crippen LogP contribution in [-0.2, 0) is 22.9 Å². The Kier molecular flexibility index (Phi) is 4.25. The van der Waals surface area contributed by atoms with Crippen LogP contribution < -0.4 is 10.0 Å². The van der Waals surface area contributed by atoms with Crippen molar-refractivity contribution < 1.29 is 13.3 Å². The van der Waals surface area contributed by atoms with E-state index in [-0.39, 0.29) is 10.6 Å². The molecule has 2 aromatic rings. The molecule has 1 aliphatic rings. The molecule has 0 saturated carbocycles. The second-order valence-electron chi connectivity index (χ2n) is 5.75. The fourth-order valence-electron chi connectivity index (χ4n) is 2.90. The van der Waals surface area contributed by atoms with Gasteiger partial charge in [-0.1, -0.05) is 12.1 Å². The van der Waals surface area contributed by atoms with E-state index in [0.717, 1.165) is 42.7 Å². The number of fused-ring (bicyclic) bond motifs is 1. The molecule has 0 saturated heterocycles. The first kappa shape index (κ1) is 16.4. The zero-order chi connectivity index (χ0) is 17.3. The van der Waals surface area contributed by atoms with Crippen LogP contribution in [0.1, 0.15) is 11.1 Å². The summed E-state index contributed by atoms with van der Waals surface area (Å²) in [6.45, 7) is 1.58. The van der Waals surface area contributed by atoms with Crippen LogP contribution in [-0.4, -0.2) is 26.4 Å². The molecule has 24 heavy (non-hydrogen) atoms. The Morgan fingerprint density at radius 1 is 1.17 bits per heavy atom. The molecule has 1 heterocycles. The minimum atomic E-state index is -3.68. The van der Waals surface area contributed by atoms with Crippen molar-refractivity contribution in [3.8, 4) is 0 Å². The van der Waals surface area contributed by atoms with Crippen LogP contribution in [0.25, 0.3) is 0 Å². The van der Waals surface area contributed by atoms with Gasteiger partial charge in [0, 0.05) is 30.9 Å². The van der Waals surface area contributed by atoms with E-state index in [0.29, 0.717) is 0 Å². The van der Waals surface area contributed by atoms with Gasteiger partial charge in [-0.3, -0.25) is 10.1 Å². The Morgan fingerprint density at radius 2 is 1.88 bits per heavy atom. The Morgan fingerprint density at radius 3 is 2.50 bits per heavy atom. The first-order chi connectivity index (χ1) is 11.3. The van der Waals surface area contributed by atoms with Crippen molar-refractivity contribution in [2.75, 3.05) is 18.0 Å². The standard InChI is InChI=1S/C16H17N3O4S/c17-24(22,23)15-5-6-16-13(11-15)8-10-18(16)9-7-12-1-3-14(4-2-12)19(20)21/h1-6,11H,7-10H2,(H2,17,22,23). The van der Waals surface area contributed by atoms with Crippen LogP contribution in [0.5, 0.6) is 0 Å². The number of nitro groups is 1. The van der Waals surface area contributed by atoms with Crippen LogP contribution in [0.15, 0.2) is 47.4 Å². The lowest BCUT2D eigenvalue weighted by Crippen LogP contribution is -2.23. The number of nitrogens with zero attached hydrogens (tertiary/aromatic N) is 2. The molecule has 7 nitrogen and oxygen atoms in total. The van der Waals surface area contributed by atoms with E-state index in [4.69, 9.17) is 5.14 Å². The van der Waals surface area contributed by atoms with Crippen LogP contribution in [0, 0.1) is 10.1 Å². The highest BCUT2D eigenvalue weighted by atomic mass is 32.2. The molecule has 2 N–H and O–H groups in total. The van der Waals surface area contributed by atoms with Gasteiger partial charge < -0.3 is 4.90 Å². The molecule has 1 aliphatic heterocycles. The monoisotopic (exact) mass is 347 g/mol. The predicted octanol–water partition coefficient (Wildman–Crippen LogP) is 1.85. The fraction of sp³-hybridized carbons (Fsp3) is 0.250. The lowest BCUT2D eigenvalue weighted by atomic mass is 10.1. The summed E-state index contributed by atoms with van der Waals surface area (Å²) in [5.41, 5.74) is 3.10. The van der Waals surface area contributed by atoms with E-state index in [2.05, 4.69) is 4.90 Å². The summed E-state index contributed by atoms with van der Waals surface area (Å²) >= 11 is 0. The van der Waals surface area contributed by atoms with E-state index >= 15 is 0 Å². The van der Waals surface area contributed by atoms with Crippen molar-refractivity contribution in [1.82, 2.24) is 0 Å². The van der Waals surface area contributed by atoms with Gasteiger partial charge in [-0.25, -0.2) is 13.6 Å². The number of nitrogens with two attached hydrogens (primary N) is 1. The summed E-state index contributed by atoms with van der Waals surface area (Å²) in [5, 5.41) is 15.8. The molecule has 126 valence electrons. The highest BCUT2D eigenvalue weighted by molar-refractivity contribution is 7.89. The van der Waals surface area contributed by atoms with Crippen LogP contribution in [0.4, 0.5) is 11.4 Å². The largest absolute Gasteiger partial charge is 0.371 e. The molecule has 0 fully saturated rings. The fourth-order valence-corrected chi connectivity index (χ4v) is 3.47. The van der Waals surface area contributed by atoms with E-state index in [1.165, 1.54) is 18.2 Å². The number of benzene rings is 2. The molecule has 0 aromatic heterocycles. The minimum absolute atomic E-state index is 0.0841. The summed E-state index contributed by atoms with van der Waals surface area (Å²) in [6.07, 6.45) is 1.54. The van der Waals surface area contributed by atoms with Gasteiger partial charge in [0.25, 0.3) is 5.69 Å². The third kappa shape index (κ3) is 3.39. The van der Waals surface area contributed by atoms with Gasteiger partial charge >= 0.3 is 0 Å². The molecule has 0 aliphatic carbocycles. The topological polar surface area (TPSA) is 107 Å². The van der Waals surface area contributed by atoms with Crippen molar-refractivity contribution >= 4 is 21.4 Å². The first-order valence-corrected chi connectivity index (χ1v) is 9.03. The third-order valence-corrected chi connectivity index (χ3v) is 5.10. The maximum atomic E-state index is 11.4. The van der Waals surface area contributed by atoms with Crippen molar-refractivity contribution in [3.63, 3.8) is 0 Å². The van der Waals surface area contributed by atoms with Crippen LogP contribution in [0.3, 0.4) is 0 Å². The number of non-ortho nitro benzene ring substituents is 1. The summed E-state index contributed by atoms with van der Waals surface area (Å²) < 4.78 is 22.8. The molecular formula is C16H17N3O4S. The number of rotatable bonds is 5. The molecule has 0 bridgehead atoms. The van der Waals surface area contributed by atoms with E-state index < -0.39 is 14.9 Å². The quantitative estimate of drug-likeness (QED) is 0.656. The zero-order valence-corrected chi connectivity index (χ0v) is 13.7. The third-order valence-electron chi connectivity index (χ3n) is 4.19. The maximum absolute atomic E-state index is 11.4. The molecule has 0 unspecified atom stereocenters. The van der Waals surface area contributed by atoms with Crippen molar-refractivity contribution in [2.45, 2.75) is 17.7 Å². The summed E-state index contributed by atoms with van der Waals surface area (Å²) in [7, 11) is -3.68. The van der Waals surface area contributed by atoms with E-state index in [9.17, 15) is 18.5 Å². The lowest BCUT2D eigenvalue weighted by molar-refractivity contribution is -0.384. The van der Waals surface area contributed by atoms with Crippen LogP contribution >= 0.6 is 0 Å². The van der Waals surface area contributed by atoms with Crippen LogP contribution in [0.2, 0.25) is 0 Å². The molecule has 2 aromatic carbocycles. The molecule has 8 heteroatoms. The molecule has 0 amide bonds. The Labute approximate surface area is 139 Å². The summed E-state index contributed by atoms with van der Waals surface area (Å²) in [4.78, 5) is 12.6. The molecule has 3 rings (SSSR count). The SMILES string of the molecule is NS(=O)(=O)c1ccc2c(c1)CCN2CCc1ccc([N+](=O)[O-])cc1. The second kappa shape index (κ2) is 6.21. The number of primary sulfonamides is 1. The molecule has 0 spiro atoms. The first-order valence-electron chi connectivity index (χ1n) is 7.48.